The number of ether oxygens (including phenoxy) is 1. The summed E-state index contributed by atoms with van der Waals surface area (Å²) in [5, 5.41) is 8.44. The van der Waals surface area contributed by atoms with E-state index in [1.807, 2.05) is 6.92 Å². The van der Waals surface area contributed by atoms with E-state index in [-0.39, 0.29) is 12.2 Å². The van der Waals surface area contributed by atoms with E-state index < -0.39 is 5.56 Å². The molecular formula is C8H9N3O2. The second kappa shape index (κ2) is 4.38. The second-order valence-electron chi connectivity index (χ2n) is 2.32. The summed E-state index contributed by atoms with van der Waals surface area (Å²) in [4.78, 5) is 17.4. The summed E-state index contributed by atoms with van der Waals surface area (Å²) >= 11 is 0. The Morgan fingerprint density at radius 1 is 1.77 bits per heavy atom. The van der Waals surface area contributed by atoms with Gasteiger partial charge in [0.2, 0.25) is 0 Å². The van der Waals surface area contributed by atoms with Crippen LogP contribution in [0.3, 0.4) is 0 Å². The first kappa shape index (κ1) is 9.42. The molecule has 0 aromatic carbocycles. The first-order chi connectivity index (χ1) is 6.27. The molecular weight excluding hydrogens is 170 g/mol. The Morgan fingerprint density at radius 2 is 2.54 bits per heavy atom. The van der Waals surface area contributed by atoms with Gasteiger partial charge in [0.1, 0.15) is 24.1 Å². The van der Waals surface area contributed by atoms with E-state index in [1.165, 1.54) is 6.20 Å². The lowest BCUT2D eigenvalue weighted by Crippen LogP contribution is -2.14. The van der Waals surface area contributed by atoms with E-state index in [0.717, 1.165) is 0 Å². The second-order valence-corrected chi connectivity index (χ2v) is 2.32. The highest BCUT2D eigenvalue weighted by molar-refractivity contribution is 5.21. The standard InChI is InChI=1S/C8H9N3O2/c1-2-13-5-7-10-4-6(3-9)8(12)11-7/h4H,2,5H2,1H3,(H,10,11,12). The van der Waals surface area contributed by atoms with Crippen molar-refractivity contribution in [2.75, 3.05) is 6.61 Å². The van der Waals surface area contributed by atoms with Gasteiger partial charge in [-0.25, -0.2) is 4.98 Å². The molecule has 1 aromatic rings. The summed E-state index contributed by atoms with van der Waals surface area (Å²) in [6.45, 7) is 2.67. The molecule has 0 aliphatic carbocycles. The monoisotopic (exact) mass is 179 g/mol. The van der Waals surface area contributed by atoms with Gasteiger partial charge in [0.05, 0.1) is 6.20 Å². The summed E-state index contributed by atoms with van der Waals surface area (Å²) in [5.41, 5.74) is -0.410. The maximum atomic E-state index is 11.1. The first-order valence-electron chi connectivity index (χ1n) is 3.84. The Bertz CT molecular complexity index is 378. The number of aromatic nitrogens is 2. The van der Waals surface area contributed by atoms with Crippen molar-refractivity contribution in [3.05, 3.63) is 27.9 Å². The summed E-state index contributed by atoms with van der Waals surface area (Å²) < 4.78 is 5.03. The van der Waals surface area contributed by atoms with Gasteiger partial charge >= 0.3 is 0 Å². The summed E-state index contributed by atoms with van der Waals surface area (Å²) in [5.74, 6) is 0.436. The highest BCUT2D eigenvalue weighted by Gasteiger charge is 2.00. The highest BCUT2D eigenvalue weighted by Crippen LogP contribution is 1.90. The van der Waals surface area contributed by atoms with Gasteiger partial charge in [-0.1, -0.05) is 0 Å². The Morgan fingerprint density at radius 3 is 3.08 bits per heavy atom. The lowest BCUT2D eigenvalue weighted by molar-refractivity contribution is 0.128. The van der Waals surface area contributed by atoms with E-state index >= 15 is 0 Å². The van der Waals surface area contributed by atoms with Crippen molar-refractivity contribution < 1.29 is 4.74 Å². The number of hydrogen-bond donors (Lipinski definition) is 1. The fraction of sp³-hybridized carbons (Fsp3) is 0.375. The maximum absolute atomic E-state index is 11.1. The molecule has 68 valence electrons. The lowest BCUT2D eigenvalue weighted by Gasteiger charge is -1.99. The van der Waals surface area contributed by atoms with Crippen molar-refractivity contribution >= 4 is 0 Å². The van der Waals surface area contributed by atoms with Gasteiger partial charge in [-0.05, 0) is 6.92 Å². The third-order valence-corrected chi connectivity index (χ3v) is 1.42. The Kier molecular flexibility index (Phi) is 3.17. The van der Waals surface area contributed by atoms with Gasteiger partial charge < -0.3 is 9.72 Å². The molecule has 1 rings (SSSR count). The van der Waals surface area contributed by atoms with Crippen LogP contribution in [-0.4, -0.2) is 16.6 Å². The van der Waals surface area contributed by atoms with Gasteiger partial charge in [-0.3, -0.25) is 4.79 Å². The number of hydrogen-bond acceptors (Lipinski definition) is 4. The topological polar surface area (TPSA) is 78.8 Å². The van der Waals surface area contributed by atoms with Crippen LogP contribution in [0, 0.1) is 11.3 Å². The molecule has 1 heterocycles. The molecule has 1 aromatic heterocycles. The molecule has 0 aliphatic rings. The average Bonchev–Trinajstić information content (AvgIpc) is 2.15. The van der Waals surface area contributed by atoms with Crippen molar-refractivity contribution in [3.63, 3.8) is 0 Å². The summed E-state index contributed by atoms with van der Waals surface area (Å²) in [6, 6.07) is 1.73. The van der Waals surface area contributed by atoms with Gasteiger partial charge in [0, 0.05) is 6.61 Å². The number of nitrogens with one attached hydrogen (secondary N) is 1. The average molecular weight is 179 g/mol. The van der Waals surface area contributed by atoms with Crippen LogP contribution in [0.2, 0.25) is 0 Å². The Balaban J connectivity index is 2.85. The molecule has 0 atom stereocenters. The zero-order valence-electron chi connectivity index (χ0n) is 7.20. The zero-order chi connectivity index (χ0) is 9.68. The highest BCUT2D eigenvalue weighted by atomic mass is 16.5. The third-order valence-electron chi connectivity index (χ3n) is 1.42. The van der Waals surface area contributed by atoms with Crippen LogP contribution in [0.15, 0.2) is 11.0 Å². The normalized spacial score (nSPS) is 9.54. The molecule has 13 heavy (non-hydrogen) atoms. The van der Waals surface area contributed by atoms with Gasteiger partial charge in [0.25, 0.3) is 5.56 Å². The van der Waals surface area contributed by atoms with Gasteiger partial charge in [0.15, 0.2) is 0 Å². The zero-order valence-corrected chi connectivity index (χ0v) is 7.20. The van der Waals surface area contributed by atoms with Crippen LogP contribution in [-0.2, 0) is 11.3 Å². The Hall–Kier alpha value is -1.67. The van der Waals surface area contributed by atoms with Crippen LogP contribution in [0.25, 0.3) is 0 Å². The fourth-order valence-corrected chi connectivity index (χ4v) is 0.783. The number of aromatic amines is 1. The van der Waals surface area contributed by atoms with Crippen LogP contribution < -0.4 is 5.56 Å². The van der Waals surface area contributed by atoms with Crippen LogP contribution in [0.4, 0.5) is 0 Å². The van der Waals surface area contributed by atoms with E-state index in [4.69, 9.17) is 10.00 Å². The van der Waals surface area contributed by atoms with Crippen LogP contribution in [0.5, 0.6) is 0 Å². The number of H-pyrrole nitrogens is 1. The smallest absolute Gasteiger partial charge is 0.268 e. The summed E-state index contributed by atoms with van der Waals surface area (Å²) in [7, 11) is 0. The fourth-order valence-electron chi connectivity index (χ4n) is 0.783. The molecule has 0 saturated heterocycles. The quantitative estimate of drug-likeness (QED) is 0.717. The van der Waals surface area contributed by atoms with Crippen LogP contribution in [0.1, 0.15) is 18.3 Å². The SMILES string of the molecule is CCOCc1ncc(C#N)c(=O)[nH]1. The maximum Gasteiger partial charge on any atom is 0.268 e. The molecule has 0 unspecified atom stereocenters. The van der Waals surface area contributed by atoms with Gasteiger partial charge in [-0.2, -0.15) is 5.26 Å². The van der Waals surface area contributed by atoms with E-state index in [9.17, 15) is 4.79 Å². The van der Waals surface area contributed by atoms with Crippen molar-refractivity contribution in [3.8, 4) is 6.07 Å². The minimum Gasteiger partial charge on any atom is -0.374 e. The molecule has 0 radical (unpaired) electrons. The molecule has 1 N–H and O–H groups in total. The minimum absolute atomic E-state index is 0.0141. The molecule has 0 fully saturated rings. The van der Waals surface area contributed by atoms with Crippen LogP contribution >= 0.6 is 0 Å². The van der Waals surface area contributed by atoms with E-state index in [0.29, 0.717) is 12.4 Å². The first-order valence-corrected chi connectivity index (χ1v) is 3.84. The molecule has 0 saturated carbocycles. The largest absolute Gasteiger partial charge is 0.374 e. The lowest BCUT2D eigenvalue weighted by atomic mass is 10.4. The van der Waals surface area contributed by atoms with Crippen molar-refractivity contribution in [2.24, 2.45) is 0 Å². The number of nitriles is 1. The molecule has 0 aliphatic heterocycles. The third kappa shape index (κ3) is 2.39. The molecule has 0 spiro atoms. The van der Waals surface area contributed by atoms with Crippen molar-refractivity contribution in [1.82, 2.24) is 9.97 Å². The number of nitrogens with zero attached hydrogens (tertiary/aromatic N) is 2. The van der Waals surface area contributed by atoms with Gasteiger partial charge in [-0.15, -0.1) is 0 Å². The predicted octanol–water partition coefficient (Wildman–Crippen LogP) is 0.178. The van der Waals surface area contributed by atoms with Crippen molar-refractivity contribution in [2.45, 2.75) is 13.5 Å². The Labute approximate surface area is 75.0 Å². The molecule has 0 bridgehead atoms. The molecule has 0 amide bonds. The molecule has 5 nitrogen and oxygen atoms in total. The predicted molar refractivity (Wildman–Crippen MR) is 44.9 cm³/mol. The molecule has 5 heteroatoms. The summed E-state index contributed by atoms with van der Waals surface area (Å²) in [6.07, 6.45) is 1.24. The van der Waals surface area contributed by atoms with E-state index in [1.54, 1.807) is 6.07 Å². The number of rotatable bonds is 3. The van der Waals surface area contributed by atoms with E-state index in [2.05, 4.69) is 9.97 Å². The minimum atomic E-state index is -0.424. The van der Waals surface area contributed by atoms with Crippen molar-refractivity contribution in [1.29, 1.82) is 5.26 Å².